The van der Waals surface area contributed by atoms with E-state index >= 15 is 0 Å². The van der Waals surface area contributed by atoms with E-state index in [1.54, 1.807) is 54.0 Å². The van der Waals surface area contributed by atoms with E-state index in [9.17, 15) is 18.0 Å². The quantitative estimate of drug-likeness (QED) is 0.271. The molecule has 0 saturated heterocycles. The zero-order chi connectivity index (χ0) is 28.4. The molecule has 2 aromatic carbocycles. The van der Waals surface area contributed by atoms with Crippen LogP contribution in [0.4, 0.5) is 5.82 Å². The lowest BCUT2D eigenvalue weighted by atomic mass is 10.0. The van der Waals surface area contributed by atoms with Crippen LogP contribution >= 0.6 is 0 Å². The summed E-state index contributed by atoms with van der Waals surface area (Å²) in [5.41, 5.74) is 7.79. The molecule has 0 unspecified atom stereocenters. The zero-order valence-corrected chi connectivity index (χ0v) is 22.4. The number of anilines is 1. The summed E-state index contributed by atoms with van der Waals surface area (Å²) in [6, 6.07) is 15.5. The second kappa shape index (κ2) is 10.6. The number of benzene rings is 2. The number of carbonyl (C=O) groups is 1. The molecule has 0 fully saturated rings. The third-order valence-electron chi connectivity index (χ3n) is 6.22. The maximum atomic E-state index is 14.0. The Hall–Kier alpha value is -4.99. The molecule has 40 heavy (non-hydrogen) atoms. The normalized spacial score (nSPS) is 12.2. The van der Waals surface area contributed by atoms with Gasteiger partial charge in [0.25, 0.3) is 11.5 Å². The summed E-state index contributed by atoms with van der Waals surface area (Å²) in [7, 11) is -3.40. The van der Waals surface area contributed by atoms with Crippen LogP contribution in [0.5, 0.6) is 0 Å². The largest absolute Gasteiger partial charge is 0.383 e. The first kappa shape index (κ1) is 26.6. The Morgan fingerprint density at radius 3 is 2.65 bits per heavy atom. The number of sulfonamides is 1. The molecule has 202 valence electrons. The van der Waals surface area contributed by atoms with Crippen molar-refractivity contribution in [2.45, 2.75) is 13.0 Å². The number of para-hydroxylation sites is 1. The second-order valence-corrected chi connectivity index (χ2v) is 10.9. The summed E-state index contributed by atoms with van der Waals surface area (Å²) in [6.07, 6.45) is 5.74. The fraction of sp³-hybridized carbons (Fsp3) is 0.143. The lowest BCUT2D eigenvalue weighted by Crippen LogP contribution is -2.33. The molecule has 0 saturated carbocycles. The summed E-state index contributed by atoms with van der Waals surface area (Å²) in [5.74, 6) is 5.23. The SMILES string of the molecule is C[C@H](NC(=O)c1c(N)ncn2ccnc12)c1cc2cccc(C#CCNS(C)(=O)=O)c2c(=O)n1-c1ccccc1. The van der Waals surface area contributed by atoms with Crippen LogP contribution in [0.1, 0.15) is 34.6 Å². The van der Waals surface area contributed by atoms with Crippen LogP contribution in [0.15, 0.2) is 78.1 Å². The van der Waals surface area contributed by atoms with Crippen molar-refractivity contribution in [3.63, 3.8) is 0 Å². The summed E-state index contributed by atoms with van der Waals surface area (Å²) in [6.45, 7) is 1.68. The van der Waals surface area contributed by atoms with Gasteiger partial charge in [-0.2, -0.15) is 0 Å². The number of fused-ring (bicyclic) bond motifs is 2. The predicted octanol–water partition coefficient (Wildman–Crippen LogP) is 2.01. The zero-order valence-electron chi connectivity index (χ0n) is 21.6. The van der Waals surface area contributed by atoms with Gasteiger partial charge in [0, 0.05) is 29.3 Å². The minimum absolute atomic E-state index is 0.0379. The van der Waals surface area contributed by atoms with Crippen LogP contribution in [-0.2, 0) is 10.0 Å². The first-order chi connectivity index (χ1) is 19.1. The highest BCUT2D eigenvalue weighted by atomic mass is 32.2. The number of hydrogen-bond acceptors (Lipinski definition) is 7. The number of nitrogens with two attached hydrogens (primary N) is 1. The number of amides is 1. The van der Waals surface area contributed by atoms with Gasteiger partial charge < -0.3 is 11.1 Å². The number of hydrogen-bond donors (Lipinski definition) is 3. The summed E-state index contributed by atoms with van der Waals surface area (Å²) < 4.78 is 28.2. The molecule has 3 aromatic heterocycles. The van der Waals surface area contributed by atoms with E-state index in [1.807, 2.05) is 24.3 Å². The molecular weight excluding hydrogens is 530 g/mol. The van der Waals surface area contributed by atoms with E-state index in [0.29, 0.717) is 33.4 Å². The van der Waals surface area contributed by atoms with E-state index in [-0.39, 0.29) is 23.5 Å². The van der Waals surface area contributed by atoms with Gasteiger partial charge in [0.2, 0.25) is 10.0 Å². The van der Waals surface area contributed by atoms with Gasteiger partial charge in [-0.1, -0.05) is 42.2 Å². The number of carbonyl (C=O) groups excluding carboxylic acids is 1. The highest BCUT2D eigenvalue weighted by molar-refractivity contribution is 7.88. The Morgan fingerprint density at radius 1 is 1.12 bits per heavy atom. The van der Waals surface area contributed by atoms with Crippen molar-refractivity contribution >= 4 is 38.2 Å². The van der Waals surface area contributed by atoms with Gasteiger partial charge in [-0.25, -0.2) is 23.1 Å². The average Bonchev–Trinajstić information content (AvgIpc) is 3.39. The van der Waals surface area contributed by atoms with Crippen LogP contribution in [-0.4, -0.2) is 46.1 Å². The Labute approximate surface area is 229 Å². The standard InChI is InChI=1S/C28H25N7O4S/c1-18(33-27(36)24-25(29)31-17-34-15-14-30-26(24)34)22-16-20-9-6-8-19(10-7-13-32-40(2,38)39)23(20)28(37)35(22)21-11-4-3-5-12-21/h3-6,8-9,11-12,14-18,32H,13,29H2,1-2H3,(H,33,36)/t18-/m0/s1. The Kier molecular flexibility index (Phi) is 7.08. The van der Waals surface area contributed by atoms with E-state index < -0.39 is 22.0 Å². The molecule has 0 aliphatic heterocycles. The molecule has 1 atom stereocenters. The minimum Gasteiger partial charge on any atom is -0.383 e. The third kappa shape index (κ3) is 5.28. The van der Waals surface area contributed by atoms with Gasteiger partial charge >= 0.3 is 0 Å². The van der Waals surface area contributed by atoms with Crippen molar-refractivity contribution in [2.24, 2.45) is 0 Å². The predicted molar refractivity (Wildman–Crippen MR) is 153 cm³/mol. The third-order valence-corrected chi connectivity index (χ3v) is 6.89. The highest BCUT2D eigenvalue weighted by Crippen LogP contribution is 2.24. The Balaban J connectivity index is 1.61. The molecule has 0 spiro atoms. The number of rotatable bonds is 6. The van der Waals surface area contributed by atoms with Crippen molar-refractivity contribution in [3.05, 3.63) is 100 Å². The molecule has 5 rings (SSSR count). The second-order valence-electron chi connectivity index (χ2n) is 9.07. The maximum Gasteiger partial charge on any atom is 0.264 e. The average molecular weight is 556 g/mol. The van der Waals surface area contributed by atoms with Gasteiger partial charge in [-0.15, -0.1) is 0 Å². The van der Waals surface area contributed by atoms with Crippen LogP contribution in [0, 0.1) is 11.8 Å². The monoisotopic (exact) mass is 555 g/mol. The molecule has 0 aliphatic rings. The number of nitrogens with zero attached hydrogens (tertiary/aromatic N) is 4. The van der Waals surface area contributed by atoms with Gasteiger partial charge in [-0.3, -0.25) is 18.6 Å². The first-order valence-electron chi connectivity index (χ1n) is 12.2. The fourth-order valence-electron chi connectivity index (χ4n) is 4.42. The minimum atomic E-state index is -3.40. The van der Waals surface area contributed by atoms with E-state index in [1.165, 1.54) is 10.9 Å². The van der Waals surface area contributed by atoms with Crippen molar-refractivity contribution in [2.75, 3.05) is 18.5 Å². The summed E-state index contributed by atoms with van der Waals surface area (Å²) in [5, 5.41) is 3.93. The van der Waals surface area contributed by atoms with Crippen LogP contribution < -0.4 is 21.3 Å². The molecule has 1 amide bonds. The fourth-order valence-corrected chi connectivity index (χ4v) is 4.75. The van der Waals surface area contributed by atoms with Crippen LogP contribution in [0.25, 0.3) is 22.1 Å². The molecule has 5 aromatic rings. The van der Waals surface area contributed by atoms with Crippen molar-refractivity contribution in [1.29, 1.82) is 0 Å². The molecule has 4 N–H and O–H groups in total. The molecule has 0 aliphatic carbocycles. The number of nitrogen functional groups attached to an aromatic ring is 1. The molecule has 12 heteroatoms. The first-order valence-corrected chi connectivity index (χ1v) is 14.1. The molecular formula is C28H25N7O4S. The van der Waals surface area contributed by atoms with Gasteiger partial charge in [0.15, 0.2) is 5.65 Å². The van der Waals surface area contributed by atoms with Crippen molar-refractivity contribution in [1.82, 2.24) is 29.0 Å². The maximum absolute atomic E-state index is 14.0. The highest BCUT2D eigenvalue weighted by Gasteiger charge is 2.23. The molecule has 0 radical (unpaired) electrons. The lowest BCUT2D eigenvalue weighted by Gasteiger charge is -2.21. The van der Waals surface area contributed by atoms with E-state index in [0.717, 1.165) is 6.26 Å². The van der Waals surface area contributed by atoms with Gasteiger partial charge in [0.1, 0.15) is 17.7 Å². The van der Waals surface area contributed by atoms with Gasteiger partial charge in [-0.05, 0) is 36.6 Å². The molecule has 3 heterocycles. The van der Waals surface area contributed by atoms with Crippen molar-refractivity contribution < 1.29 is 13.2 Å². The smallest absolute Gasteiger partial charge is 0.264 e. The van der Waals surface area contributed by atoms with Crippen LogP contribution in [0.2, 0.25) is 0 Å². The number of aromatic nitrogens is 4. The molecule has 11 nitrogen and oxygen atoms in total. The topological polar surface area (TPSA) is 153 Å². The Morgan fingerprint density at radius 2 is 1.90 bits per heavy atom. The van der Waals surface area contributed by atoms with Crippen LogP contribution in [0.3, 0.4) is 0 Å². The number of nitrogens with one attached hydrogen (secondary N) is 2. The van der Waals surface area contributed by atoms with Crippen molar-refractivity contribution in [3.8, 4) is 17.5 Å². The Bertz CT molecular complexity index is 1990. The number of imidazole rings is 1. The van der Waals surface area contributed by atoms with E-state index in [4.69, 9.17) is 5.73 Å². The number of pyridine rings is 1. The van der Waals surface area contributed by atoms with Gasteiger partial charge in [0.05, 0.1) is 24.2 Å². The molecule has 0 bridgehead atoms. The summed E-state index contributed by atoms with van der Waals surface area (Å²) >= 11 is 0. The summed E-state index contributed by atoms with van der Waals surface area (Å²) in [4.78, 5) is 35.8. The van der Waals surface area contributed by atoms with E-state index in [2.05, 4.69) is 31.8 Å². The lowest BCUT2D eigenvalue weighted by molar-refractivity contribution is 0.0940.